The zero-order valence-electron chi connectivity index (χ0n) is 7.01. The molecule has 0 aliphatic carbocycles. The van der Waals surface area contributed by atoms with Crippen molar-refractivity contribution in [3.05, 3.63) is 10.3 Å². The highest BCUT2D eigenvalue weighted by Gasteiger charge is 2.19. The molecule has 6 nitrogen and oxygen atoms in total. The molecule has 0 aromatic carbocycles. The smallest absolute Gasteiger partial charge is 0.260 e. The lowest BCUT2D eigenvalue weighted by atomic mass is 10.6. The van der Waals surface area contributed by atoms with Gasteiger partial charge in [0, 0.05) is 12.5 Å². The molecule has 8 heteroatoms. The van der Waals surface area contributed by atoms with E-state index in [-0.39, 0.29) is 0 Å². The van der Waals surface area contributed by atoms with Crippen LogP contribution in [0.2, 0.25) is 0 Å². The van der Waals surface area contributed by atoms with Crippen LogP contribution in [0.5, 0.6) is 0 Å². The molecule has 13 heavy (non-hydrogen) atoms. The normalized spacial score (nSPS) is 14.2. The fourth-order valence-corrected chi connectivity index (χ4v) is 2.62. The molecule has 2 N–H and O–H groups in total. The number of carbonyl (C=O) groups is 1. The van der Waals surface area contributed by atoms with Crippen molar-refractivity contribution in [3.63, 3.8) is 0 Å². The van der Waals surface area contributed by atoms with Crippen molar-refractivity contribution in [2.24, 2.45) is 5.73 Å². The quantitative estimate of drug-likeness (QED) is 0.584. The van der Waals surface area contributed by atoms with Gasteiger partial charge in [0.2, 0.25) is 0 Å². The van der Waals surface area contributed by atoms with E-state index in [1.54, 1.807) is 0 Å². The minimum Gasteiger partial charge on any atom is -0.365 e. The number of hydrogen-bond acceptors (Lipinski definition) is 5. The van der Waals surface area contributed by atoms with Crippen molar-refractivity contribution in [1.29, 1.82) is 0 Å². The highest BCUT2D eigenvalue weighted by Crippen LogP contribution is 2.05. The third-order valence-corrected chi connectivity index (χ3v) is 2.89. The molecule has 0 aromatic rings. The summed E-state index contributed by atoms with van der Waals surface area (Å²) in [6.45, 7) is 0. The van der Waals surface area contributed by atoms with E-state index < -0.39 is 30.5 Å². The molecule has 0 rings (SSSR count). The largest absolute Gasteiger partial charge is 0.365 e. The zero-order valence-corrected chi connectivity index (χ0v) is 8.65. The number of hydrogen-bond donors (Lipinski definition) is 1. The van der Waals surface area contributed by atoms with Crippen molar-refractivity contribution < 1.29 is 21.6 Å². The Balaban J connectivity index is 5.60. The van der Waals surface area contributed by atoms with Crippen LogP contribution in [0.4, 0.5) is 0 Å². The van der Waals surface area contributed by atoms with E-state index in [0.29, 0.717) is 11.7 Å². The van der Waals surface area contributed by atoms with Crippen LogP contribution >= 0.6 is 0 Å². The predicted octanol–water partition coefficient (Wildman–Crippen LogP) is -1.60. The molecule has 0 saturated carbocycles. The minimum absolute atomic E-state index is 0.338. The number of rotatable bonds is 3. The Labute approximate surface area is 76.3 Å². The van der Waals surface area contributed by atoms with Gasteiger partial charge in [0.25, 0.3) is 5.91 Å². The van der Waals surface area contributed by atoms with Gasteiger partial charge in [-0.05, 0) is 0 Å². The molecule has 0 radical (unpaired) electrons. The summed E-state index contributed by atoms with van der Waals surface area (Å²) in [6.07, 6.45) is 1.47. The number of carbonyl (C=O) groups excluding carboxylic acids is 1. The first-order valence-corrected chi connectivity index (χ1v) is 6.80. The molecule has 0 bridgehead atoms. The minimum atomic E-state index is -3.89. The van der Waals surface area contributed by atoms with Gasteiger partial charge in [-0.25, -0.2) is 16.8 Å². The van der Waals surface area contributed by atoms with Crippen molar-refractivity contribution in [3.8, 4) is 0 Å². The van der Waals surface area contributed by atoms with E-state index in [2.05, 4.69) is 5.73 Å². The summed E-state index contributed by atoms with van der Waals surface area (Å²) >= 11 is 0. The maximum Gasteiger partial charge on any atom is 0.260 e. The molecular weight excluding hydrogens is 218 g/mol. The first-order valence-electron chi connectivity index (χ1n) is 2.95. The van der Waals surface area contributed by atoms with Gasteiger partial charge in [0.15, 0.2) is 19.7 Å². The van der Waals surface area contributed by atoms with Gasteiger partial charge in [-0.3, -0.25) is 4.79 Å². The molecule has 1 amide bonds. The van der Waals surface area contributed by atoms with E-state index in [0.717, 1.165) is 6.26 Å². The molecule has 76 valence electrons. The molecule has 0 aliphatic rings. The summed E-state index contributed by atoms with van der Waals surface area (Å²) in [6, 6.07) is 0. The predicted molar refractivity (Wildman–Crippen MR) is 47.0 cm³/mol. The highest BCUT2D eigenvalue weighted by molar-refractivity contribution is 7.98. The first-order chi connectivity index (χ1) is 5.54. The molecule has 0 spiro atoms. The van der Waals surface area contributed by atoms with E-state index in [4.69, 9.17) is 0 Å². The molecule has 0 aromatic heterocycles. The van der Waals surface area contributed by atoms with E-state index in [1.807, 2.05) is 0 Å². The molecule has 0 fully saturated rings. The van der Waals surface area contributed by atoms with Crippen LogP contribution in [0, 0.1) is 0 Å². The maximum atomic E-state index is 10.8. The topological polar surface area (TPSA) is 111 Å². The van der Waals surface area contributed by atoms with Crippen LogP contribution in [-0.4, -0.2) is 35.3 Å². The Kier molecular flexibility index (Phi) is 3.23. The van der Waals surface area contributed by atoms with Crippen molar-refractivity contribution >= 4 is 25.6 Å². The second-order valence-electron chi connectivity index (χ2n) is 2.45. The summed E-state index contributed by atoms with van der Waals surface area (Å²) in [7, 11) is -7.58. The van der Waals surface area contributed by atoms with Crippen molar-refractivity contribution in [2.75, 3.05) is 12.5 Å². The zero-order chi connectivity index (χ0) is 10.9. The summed E-state index contributed by atoms with van der Waals surface area (Å²) < 4.78 is 42.9. The number of nitrogens with two attached hydrogens (primary N) is 1. The van der Waals surface area contributed by atoms with Crippen LogP contribution < -0.4 is 5.73 Å². The number of sulfone groups is 2. The van der Waals surface area contributed by atoms with Gasteiger partial charge < -0.3 is 5.73 Å². The van der Waals surface area contributed by atoms with Crippen molar-refractivity contribution in [1.82, 2.24) is 0 Å². The molecule has 0 saturated heterocycles. The second-order valence-corrected chi connectivity index (χ2v) is 6.33. The maximum absolute atomic E-state index is 10.8. The van der Waals surface area contributed by atoms with E-state index in [1.165, 1.54) is 0 Å². The van der Waals surface area contributed by atoms with Crippen LogP contribution in [0.3, 0.4) is 0 Å². The number of primary amides is 1. The highest BCUT2D eigenvalue weighted by atomic mass is 32.2. The lowest BCUT2D eigenvalue weighted by Crippen LogP contribution is -2.21. The SMILES string of the molecule is CS(=O)(=O)C=C(C(N)=O)S(C)(=O)=O. The summed E-state index contributed by atoms with van der Waals surface area (Å²) in [4.78, 5) is 9.63. The fraction of sp³-hybridized carbons (Fsp3) is 0.400. The molecular formula is C5H9NO5S2. The van der Waals surface area contributed by atoms with E-state index >= 15 is 0 Å². The van der Waals surface area contributed by atoms with Crippen LogP contribution in [-0.2, 0) is 24.5 Å². The Morgan fingerprint density at radius 1 is 1.15 bits per heavy atom. The Bertz CT molecular complexity index is 441. The summed E-state index contributed by atoms with van der Waals surface area (Å²) in [5.74, 6) is -1.28. The molecule has 0 heterocycles. The Morgan fingerprint density at radius 3 is 1.62 bits per heavy atom. The van der Waals surface area contributed by atoms with Crippen LogP contribution in [0.25, 0.3) is 0 Å². The molecule has 0 unspecified atom stereocenters. The Morgan fingerprint density at radius 2 is 1.54 bits per heavy atom. The van der Waals surface area contributed by atoms with Gasteiger partial charge in [0.05, 0.1) is 5.41 Å². The monoisotopic (exact) mass is 227 g/mol. The van der Waals surface area contributed by atoms with Crippen molar-refractivity contribution in [2.45, 2.75) is 0 Å². The van der Waals surface area contributed by atoms with Crippen LogP contribution in [0.1, 0.15) is 0 Å². The second kappa shape index (κ2) is 3.46. The lowest BCUT2D eigenvalue weighted by molar-refractivity contribution is -0.113. The van der Waals surface area contributed by atoms with Gasteiger partial charge in [0.1, 0.15) is 4.91 Å². The lowest BCUT2D eigenvalue weighted by Gasteiger charge is -1.98. The standard InChI is InChI=1S/C5H9NO5S2/c1-12(8,9)3-4(5(6)7)13(2,10)11/h3H,1-2H3,(H2,6,7). The molecule has 0 atom stereocenters. The van der Waals surface area contributed by atoms with E-state index in [9.17, 15) is 21.6 Å². The number of amides is 1. The average molecular weight is 227 g/mol. The van der Waals surface area contributed by atoms with Gasteiger partial charge >= 0.3 is 0 Å². The third-order valence-electron chi connectivity index (χ3n) is 0.963. The van der Waals surface area contributed by atoms with Gasteiger partial charge in [-0.2, -0.15) is 0 Å². The fourth-order valence-electron chi connectivity index (χ4n) is 0.523. The summed E-state index contributed by atoms with van der Waals surface area (Å²) in [5, 5.41) is 0.338. The average Bonchev–Trinajstić information content (AvgIpc) is 1.77. The molecule has 0 aliphatic heterocycles. The van der Waals surface area contributed by atoms with Gasteiger partial charge in [-0.1, -0.05) is 0 Å². The van der Waals surface area contributed by atoms with Crippen LogP contribution in [0.15, 0.2) is 10.3 Å². The summed E-state index contributed by atoms with van der Waals surface area (Å²) in [5.41, 5.74) is 4.68. The van der Waals surface area contributed by atoms with Gasteiger partial charge in [-0.15, -0.1) is 0 Å². The first kappa shape index (κ1) is 12.1. The third kappa shape index (κ3) is 4.63. The Hall–Kier alpha value is -0.890.